The molecule has 0 radical (unpaired) electrons. The van der Waals surface area contributed by atoms with Crippen LogP contribution in [0, 0.1) is 0 Å². The van der Waals surface area contributed by atoms with Crippen LogP contribution >= 0.6 is 0 Å². The number of piperidine rings is 1. The van der Waals surface area contributed by atoms with Crippen molar-refractivity contribution in [2.75, 3.05) is 19.6 Å². The summed E-state index contributed by atoms with van der Waals surface area (Å²) in [5, 5.41) is 3.48. The van der Waals surface area contributed by atoms with E-state index in [0.29, 0.717) is 6.04 Å². The monoisotopic (exact) mass is 233 g/mol. The van der Waals surface area contributed by atoms with Crippen LogP contribution in [0.4, 0.5) is 0 Å². The van der Waals surface area contributed by atoms with E-state index in [-0.39, 0.29) is 0 Å². The zero-order valence-electron chi connectivity index (χ0n) is 10.7. The third-order valence-corrected chi connectivity index (χ3v) is 3.51. The van der Waals surface area contributed by atoms with Gasteiger partial charge < -0.3 is 5.32 Å². The van der Waals surface area contributed by atoms with E-state index in [2.05, 4.69) is 34.3 Å². The number of hydrogen-bond donors (Lipinski definition) is 1. The van der Waals surface area contributed by atoms with Gasteiger partial charge in [-0.15, -0.1) is 0 Å². The highest BCUT2D eigenvalue weighted by Crippen LogP contribution is 2.18. The standard InChI is InChI=1S/C14H23N3/c1-2-15-11-14-5-3-4-10-17(14)12-13-6-8-16-9-7-13/h6-9,14-15H,2-5,10-12H2,1H3. The van der Waals surface area contributed by atoms with E-state index in [9.17, 15) is 0 Å². The van der Waals surface area contributed by atoms with Gasteiger partial charge in [-0.1, -0.05) is 13.3 Å². The Morgan fingerprint density at radius 1 is 1.35 bits per heavy atom. The number of rotatable bonds is 5. The lowest BCUT2D eigenvalue weighted by Gasteiger charge is -2.35. The number of aromatic nitrogens is 1. The Bertz CT molecular complexity index is 313. The normalized spacial score (nSPS) is 21.6. The SMILES string of the molecule is CCNCC1CCCCN1Cc1ccncc1. The molecule has 1 atom stereocenters. The lowest BCUT2D eigenvalue weighted by Crippen LogP contribution is -2.44. The van der Waals surface area contributed by atoms with Gasteiger partial charge >= 0.3 is 0 Å². The fourth-order valence-corrected chi connectivity index (χ4v) is 2.53. The molecule has 0 aliphatic carbocycles. The Hall–Kier alpha value is -0.930. The minimum Gasteiger partial charge on any atom is -0.315 e. The molecule has 0 spiro atoms. The van der Waals surface area contributed by atoms with E-state index in [1.807, 2.05) is 12.4 Å². The fourth-order valence-electron chi connectivity index (χ4n) is 2.53. The van der Waals surface area contributed by atoms with Crippen molar-refractivity contribution in [2.45, 2.75) is 38.8 Å². The third kappa shape index (κ3) is 3.79. The second-order valence-corrected chi connectivity index (χ2v) is 4.78. The predicted octanol–water partition coefficient (Wildman–Crippen LogP) is 2.05. The van der Waals surface area contributed by atoms with Gasteiger partial charge in [-0.05, 0) is 43.6 Å². The molecule has 2 rings (SSSR count). The van der Waals surface area contributed by atoms with E-state index in [1.165, 1.54) is 31.4 Å². The van der Waals surface area contributed by atoms with Gasteiger partial charge in [-0.25, -0.2) is 0 Å². The van der Waals surface area contributed by atoms with Gasteiger partial charge in [-0.2, -0.15) is 0 Å². The lowest BCUT2D eigenvalue weighted by molar-refractivity contribution is 0.138. The minimum atomic E-state index is 0.705. The molecule has 1 unspecified atom stereocenters. The van der Waals surface area contributed by atoms with Crippen molar-refractivity contribution in [1.29, 1.82) is 0 Å². The molecule has 1 N–H and O–H groups in total. The molecule has 0 amide bonds. The number of pyridine rings is 1. The van der Waals surface area contributed by atoms with Crippen molar-refractivity contribution in [1.82, 2.24) is 15.2 Å². The van der Waals surface area contributed by atoms with Crippen LogP contribution in [0.3, 0.4) is 0 Å². The van der Waals surface area contributed by atoms with Gasteiger partial charge in [0, 0.05) is 31.5 Å². The first-order valence-electron chi connectivity index (χ1n) is 6.74. The van der Waals surface area contributed by atoms with Gasteiger partial charge in [0.1, 0.15) is 0 Å². The van der Waals surface area contributed by atoms with E-state index in [4.69, 9.17) is 0 Å². The van der Waals surface area contributed by atoms with Crippen LogP contribution in [0.25, 0.3) is 0 Å². The van der Waals surface area contributed by atoms with Crippen LogP contribution in [-0.2, 0) is 6.54 Å². The van der Waals surface area contributed by atoms with Crippen LogP contribution in [0.1, 0.15) is 31.7 Å². The highest BCUT2D eigenvalue weighted by atomic mass is 15.2. The Balaban J connectivity index is 1.92. The molecular formula is C14H23N3. The molecule has 94 valence electrons. The molecule has 17 heavy (non-hydrogen) atoms. The summed E-state index contributed by atoms with van der Waals surface area (Å²) < 4.78 is 0. The molecule has 0 bridgehead atoms. The quantitative estimate of drug-likeness (QED) is 0.843. The molecule has 1 saturated heterocycles. The maximum absolute atomic E-state index is 4.08. The van der Waals surface area contributed by atoms with Crippen molar-refractivity contribution >= 4 is 0 Å². The molecule has 1 aliphatic rings. The second-order valence-electron chi connectivity index (χ2n) is 4.78. The Morgan fingerprint density at radius 3 is 2.94 bits per heavy atom. The first-order valence-corrected chi connectivity index (χ1v) is 6.74. The summed E-state index contributed by atoms with van der Waals surface area (Å²) >= 11 is 0. The molecular weight excluding hydrogens is 210 g/mol. The molecule has 3 nitrogen and oxygen atoms in total. The summed E-state index contributed by atoms with van der Waals surface area (Å²) in [5.41, 5.74) is 1.38. The Labute approximate surface area is 104 Å². The van der Waals surface area contributed by atoms with Crippen molar-refractivity contribution in [3.63, 3.8) is 0 Å². The molecule has 2 heterocycles. The van der Waals surface area contributed by atoms with Crippen molar-refractivity contribution < 1.29 is 0 Å². The van der Waals surface area contributed by atoms with Crippen LogP contribution < -0.4 is 5.32 Å². The summed E-state index contributed by atoms with van der Waals surface area (Å²) in [6.07, 6.45) is 7.83. The van der Waals surface area contributed by atoms with Crippen LogP contribution in [0.15, 0.2) is 24.5 Å². The zero-order chi connectivity index (χ0) is 11.9. The summed E-state index contributed by atoms with van der Waals surface area (Å²) in [7, 11) is 0. The Kier molecular flexibility index (Phi) is 4.95. The van der Waals surface area contributed by atoms with Crippen molar-refractivity contribution in [2.24, 2.45) is 0 Å². The van der Waals surface area contributed by atoms with Crippen LogP contribution in [0.5, 0.6) is 0 Å². The topological polar surface area (TPSA) is 28.2 Å². The average Bonchev–Trinajstić information content (AvgIpc) is 2.39. The van der Waals surface area contributed by atoms with E-state index in [1.54, 1.807) is 0 Å². The van der Waals surface area contributed by atoms with Crippen molar-refractivity contribution in [3.8, 4) is 0 Å². The fraction of sp³-hybridized carbons (Fsp3) is 0.643. The highest BCUT2D eigenvalue weighted by Gasteiger charge is 2.21. The molecule has 1 aromatic heterocycles. The molecule has 1 aliphatic heterocycles. The molecule has 0 aromatic carbocycles. The molecule has 0 saturated carbocycles. The van der Waals surface area contributed by atoms with Gasteiger partial charge in [0.15, 0.2) is 0 Å². The second kappa shape index (κ2) is 6.72. The summed E-state index contributed by atoms with van der Waals surface area (Å²) in [5.74, 6) is 0. The van der Waals surface area contributed by atoms with Gasteiger partial charge in [-0.3, -0.25) is 9.88 Å². The smallest absolute Gasteiger partial charge is 0.0271 e. The molecule has 3 heteroatoms. The van der Waals surface area contributed by atoms with E-state index < -0.39 is 0 Å². The average molecular weight is 233 g/mol. The Morgan fingerprint density at radius 2 is 2.18 bits per heavy atom. The number of likely N-dealkylation sites (tertiary alicyclic amines) is 1. The third-order valence-electron chi connectivity index (χ3n) is 3.51. The summed E-state index contributed by atoms with van der Waals surface area (Å²) in [6.45, 7) is 6.67. The van der Waals surface area contributed by atoms with E-state index >= 15 is 0 Å². The summed E-state index contributed by atoms with van der Waals surface area (Å²) in [4.78, 5) is 6.69. The number of hydrogen-bond acceptors (Lipinski definition) is 3. The van der Waals surface area contributed by atoms with Gasteiger partial charge in [0.2, 0.25) is 0 Å². The number of nitrogens with one attached hydrogen (secondary N) is 1. The van der Waals surface area contributed by atoms with Gasteiger partial charge in [0.25, 0.3) is 0 Å². The first kappa shape index (κ1) is 12.5. The molecule has 1 fully saturated rings. The van der Waals surface area contributed by atoms with Crippen LogP contribution in [-0.4, -0.2) is 35.6 Å². The van der Waals surface area contributed by atoms with E-state index in [0.717, 1.165) is 19.6 Å². The summed E-state index contributed by atoms with van der Waals surface area (Å²) in [6, 6.07) is 4.95. The largest absolute Gasteiger partial charge is 0.315 e. The molecule has 1 aromatic rings. The zero-order valence-corrected chi connectivity index (χ0v) is 10.7. The number of likely N-dealkylation sites (N-methyl/N-ethyl adjacent to an activating group) is 1. The number of nitrogens with zero attached hydrogens (tertiary/aromatic N) is 2. The van der Waals surface area contributed by atoms with Crippen molar-refractivity contribution in [3.05, 3.63) is 30.1 Å². The first-order chi connectivity index (χ1) is 8.40. The minimum absolute atomic E-state index is 0.705. The maximum atomic E-state index is 4.08. The maximum Gasteiger partial charge on any atom is 0.0271 e. The lowest BCUT2D eigenvalue weighted by atomic mass is 10.0. The highest BCUT2D eigenvalue weighted by molar-refractivity contribution is 5.09. The van der Waals surface area contributed by atoms with Crippen LogP contribution in [0.2, 0.25) is 0 Å². The van der Waals surface area contributed by atoms with Gasteiger partial charge in [0.05, 0.1) is 0 Å². The predicted molar refractivity (Wildman–Crippen MR) is 70.8 cm³/mol.